The van der Waals surface area contributed by atoms with E-state index in [-0.39, 0.29) is 6.04 Å². The van der Waals surface area contributed by atoms with E-state index < -0.39 is 12.0 Å². The number of carbonyl (C=O) groups is 1. The van der Waals surface area contributed by atoms with Crippen molar-refractivity contribution >= 4 is 5.97 Å². The van der Waals surface area contributed by atoms with Crippen molar-refractivity contribution in [1.82, 2.24) is 14.9 Å². The number of rotatable bonds is 2. The lowest BCUT2D eigenvalue weighted by atomic mass is 9.80. The first kappa shape index (κ1) is 12.7. The van der Waals surface area contributed by atoms with Crippen LogP contribution in [0.1, 0.15) is 49.5 Å². The van der Waals surface area contributed by atoms with E-state index >= 15 is 0 Å². The number of carboxylic acids is 1. The fourth-order valence-electron chi connectivity index (χ4n) is 3.58. The van der Waals surface area contributed by atoms with Crippen LogP contribution in [0.3, 0.4) is 0 Å². The number of fused-ring (bicyclic) bond motifs is 1. The minimum absolute atomic E-state index is 0.151. The Labute approximate surface area is 113 Å². The van der Waals surface area contributed by atoms with Crippen LogP contribution in [0.5, 0.6) is 0 Å². The fourth-order valence-corrected chi connectivity index (χ4v) is 3.58. The van der Waals surface area contributed by atoms with Gasteiger partial charge in [0.05, 0.1) is 23.8 Å². The van der Waals surface area contributed by atoms with E-state index in [2.05, 4.69) is 14.9 Å². The van der Waals surface area contributed by atoms with Crippen LogP contribution in [0.25, 0.3) is 0 Å². The van der Waals surface area contributed by atoms with Crippen molar-refractivity contribution < 1.29 is 9.90 Å². The van der Waals surface area contributed by atoms with Crippen LogP contribution in [0.2, 0.25) is 0 Å². The first-order valence-electron chi connectivity index (χ1n) is 7.15. The number of hydrogen-bond donors (Lipinski definition) is 2. The Bertz CT molecular complexity index is 477. The van der Waals surface area contributed by atoms with E-state index in [1.807, 2.05) is 13.4 Å². The van der Waals surface area contributed by atoms with Crippen LogP contribution in [-0.4, -0.2) is 26.7 Å². The Morgan fingerprint density at radius 3 is 2.84 bits per heavy atom. The third-order valence-electron chi connectivity index (χ3n) is 4.55. The number of carboxylic acid groups (broad SMARTS) is 1. The summed E-state index contributed by atoms with van der Waals surface area (Å²) in [4.78, 5) is 15.7. The maximum atomic E-state index is 11.3. The molecule has 5 nitrogen and oxygen atoms in total. The van der Waals surface area contributed by atoms with Gasteiger partial charge < -0.3 is 9.67 Å². The van der Waals surface area contributed by atoms with Gasteiger partial charge in [-0.1, -0.05) is 19.3 Å². The smallest absolute Gasteiger partial charge is 0.321 e. The zero-order valence-electron chi connectivity index (χ0n) is 11.3. The highest BCUT2D eigenvalue weighted by molar-refractivity contribution is 5.74. The van der Waals surface area contributed by atoms with Gasteiger partial charge in [0.1, 0.15) is 6.04 Å². The molecule has 2 aliphatic rings. The normalized spacial score (nSPS) is 28.1. The summed E-state index contributed by atoms with van der Waals surface area (Å²) in [6.07, 6.45) is 8.51. The number of imidazole rings is 1. The van der Waals surface area contributed by atoms with Crippen LogP contribution in [0.15, 0.2) is 6.33 Å². The average Bonchev–Trinajstić information content (AvgIpc) is 2.80. The summed E-state index contributed by atoms with van der Waals surface area (Å²) in [5.74, 6) is -0.220. The molecule has 2 atom stereocenters. The number of nitrogens with one attached hydrogen (secondary N) is 1. The molecule has 0 radical (unpaired) electrons. The van der Waals surface area contributed by atoms with Gasteiger partial charge in [0.15, 0.2) is 0 Å². The molecule has 3 rings (SSSR count). The lowest BCUT2D eigenvalue weighted by Gasteiger charge is -2.36. The van der Waals surface area contributed by atoms with Gasteiger partial charge in [0, 0.05) is 13.5 Å². The van der Waals surface area contributed by atoms with Crippen LogP contribution in [-0.2, 0) is 18.3 Å². The summed E-state index contributed by atoms with van der Waals surface area (Å²) in [7, 11) is 2.00. The molecule has 104 valence electrons. The van der Waals surface area contributed by atoms with Crippen molar-refractivity contribution in [1.29, 1.82) is 0 Å². The average molecular weight is 263 g/mol. The lowest BCUT2D eigenvalue weighted by molar-refractivity contribution is -0.140. The molecule has 0 saturated heterocycles. The van der Waals surface area contributed by atoms with Gasteiger partial charge in [0.2, 0.25) is 0 Å². The summed E-state index contributed by atoms with van der Waals surface area (Å²) in [6.45, 7) is 0. The molecule has 1 aromatic rings. The van der Waals surface area contributed by atoms with Gasteiger partial charge in [0.25, 0.3) is 0 Å². The van der Waals surface area contributed by atoms with E-state index in [1.54, 1.807) is 0 Å². The Kier molecular flexibility index (Phi) is 3.31. The van der Waals surface area contributed by atoms with Crippen molar-refractivity contribution in [2.75, 3.05) is 0 Å². The van der Waals surface area contributed by atoms with Gasteiger partial charge >= 0.3 is 5.97 Å². The Hall–Kier alpha value is -1.36. The second-order valence-corrected chi connectivity index (χ2v) is 5.82. The second-order valence-electron chi connectivity index (χ2n) is 5.82. The quantitative estimate of drug-likeness (QED) is 0.851. The molecule has 2 N–H and O–H groups in total. The maximum absolute atomic E-state index is 11.3. The Balaban J connectivity index is 1.92. The molecule has 2 unspecified atom stereocenters. The first-order valence-corrected chi connectivity index (χ1v) is 7.15. The molecule has 0 bridgehead atoms. The minimum atomic E-state index is -0.767. The van der Waals surface area contributed by atoms with E-state index in [9.17, 15) is 9.90 Å². The van der Waals surface area contributed by atoms with Crippen LogP contribution in [0, 0.1) is 5.92 Å². The number of nitrogens with zero attached hydrogens (tertiary/aromatic N) is 2. The zero-order chi connectivity index (χ0) is 13.4. The second kappa shape index (κ2) is 4.96. The largest absolute Gasteiger partial charge is 0.480 e. The number of aromatic nitrogens is 2. The minimum Gasteiger partial charge on any atom is -0.480 e. The van der Waals surface area contributed by atoms with Gasteiger partial charge in [-0.15, -0.1) is 0 Å². The molecule has 1 aliphatic carbocycles. The lowest BCUT2D eigenvalue weighted by Crippen LogP contribution is -2.47. The molecule has 1 saturated carbocycles. The van der Waals surface area contributed by atoms with Crippen molar-refractivity contribution in [3.05, 3.63) is 17.7 Å². The predicted octanol–water partition coefficient (Wildman–Crippen LogP) is 1.64. The van der Waals surface area contributed by atoms with Crippen LogP contribution in [0.4, 0.5) is 0 Å². The molecule has 1 aromatic heterocycles. The highest BCUT2D eigenvalue weighted by Crippen LogP contribution is 2.37. The highest BCUT2D eigenvalue weighted by Gasteiger charge is 2.37. The molecule has 1 fully saturated rings. The summed E-state index contributed by atoms with van der Waals surface area (Å²) < 4.78 is 2.06. The number of hydrogen-bond acceptors (Lipinski definition) is 3. The first-order chi connectivity index (χ1) is 9.16. The molecule has 1 aliphatic heterocycles. The summed E-state index contributed by atoms with van der Waals surface area (Å²) >= 11 is 0. The SMILES string of the molecule is Cn1cnc2c1C(C1CCCCC1)NC(C(=O)O)C2. The number of aliphatic carboxylic acids is 1. The predicted molar refractivity (Wildman–Crippen MR) is 70.8 cm³/mol. The van der Waals surface area contributed by atoms with Crippen LogP contribution >= 0.6 is 0 Å². The topological polar surface area (TPSA) is 67.2 Å². The van der Waals surface area contributed by atoms with Crippen molar-refractivity contribution in [2.24, 2.45) is 13.0 Å². The van der Waals surface area contributed by atoms with Crippen LogP contribution < -0.4 is 5.32 Å². The zero-order valence-corrected chi connectivity index (χ0v) is 11.3. The Morgan fingerprint density at radius 2 is 2.16 bits per heavy atom. The summed E-state index contributed by atoms with van der Waals surface area (Å²) in [5.41, 5.74) is 2.16. The monoisotopic (exact) mass is 263 g/mol. The molecule has 0 amide bonds. The van der Waals surface area contributed by atoms with Crippen molar-refractivity contribution in [3.8, 4) is 0 Å². The standard InChI is InChI=1S/C14H21N3O2/c1-17-8-15-10-7-11(14(18)19)16-12(13(10)17)9-5-3-2-4-6-9/h8-9,11-12,16H,2-7H2,1H3,(H,18,19). The third kappa shape index (κ3) is 2.27. The molecule has 19 heavy (non-hydrogen) atoms. The summed E-state index contributed by atoms with van der Waals surface area (Å²) in [6, 6.07) is -0.341. The highest BCUT2D eigenvalue weighted by atomic mass is 16.4. The van der Waals surface area contributed by atoms with Crippen molar-refractivity contribution in [3.63, 3.8) is 0 Å². The molecule has 2 heterocycles. The fraction of sp³-hybridized carbons (Fsp3) is 0.714. The molecule has 0 aromatic carbocycles. The van der Waals surface area contributed by atoms with E-state index in [1.165, 1.54) is 37.8 Å². The molecular weight excluding hydrogens is 242 g/mol. The third-order valence-corrected chi connectivity index (χ3v) is 4.55. The maximum Gasteiger partial charge on any atom is 0.321 e. The molecular formula is C14H21N3O2. The molecule has 5 heteroatoms. The molecule has 0 spiro atoms. The van der Waals surface area contributed by atoms with E-state index in [0.717, 1.165) is 5.69 Å². The van der Waals surface area contributed by atoms with Gasteiger partial charge in [-0.2, -0.15) is 0 Å². The van der Waals surface area contributed by atoms with Gasteiger partial charge in [-0.3, -0.25) is 10.1 Å². The van der Waals surface area contributed by atoms with Gasteiger partial charge in [-0.25, -0.2) is 4.98 Å². The van der Waals surface area contributed by atoms with Gasteiger partial charge in [-0.05, 0) is 18.8 Å². The summed E-state index contributed by atoms with van der Waals surface area (Å²) in [5, 5.41) is 12.6. The van der Waals surface area contributed by atoms with E-state index in [0.29, 0.717) is 12.3 Å². The van der Waals surface area contributed by atoms with Crippen molar-refractivity contribution in [2.45, 2.75) is 50.6 Å². The van der Waals surface area contributed by atoms with E-state index in [4.69, 9.17) is 0 Å². The Morgan fingerprint density at radius 1 is 1.42 bits per heavy atom. The number of aryl methyl sites for hydroxylation is 1.